The molecule has 0 unspecified atom stereocenters. The molecule has 2 aromatic carbocycles. The molecule has 0 aromatic heterocycles. The minimum absolute atomic E-state index is 0.114. The Bertz CT molecular complexity index is 838. The maximum absolute atomic E-state index is 12.6. The highest BCUT2D eigenvalue weighted by Crippen LogP contribution is 2.25. The van der Waals surface area contributed by atoms with Crippen LogP contribution in [0, 0.1) is 0 Å². The van der Waals surface area contributed by atoms with Crippen molar-refractivity contribution in [3.05, 3.63) is 71.3 Å². The summed E-state index contributed by atoms with van der Waals surface area (Å²) in [5, 5.41) is 14.6. The maximum atomic E-state index is 12.6. The van der Waals surface area contributed by atoms with Gasteiger partial charge >= 0.3 is 5.97 Å². The Hall–Kier alpha value is -3.21. The Labute approximate surface area is 133 Å². The van der Waals surface area contributed by atoms with E-state index in [-0.39, 0.29) is 11.5 Å². The molecule has 0 bridgehead atoms. The molecule has 1 amide bonds. The van der Waals surface area contributed by atoms with E-state index in [1.807, 2.05) is 30.3 Å². The van der Waals surface area contributed by atoms with Crippen LogP contribution in [0.5, 0.6) is 0 Å². The normalized spacial score (nSPS) is 15.9. The molecule has 5 heteroatoms. The van der Waals surface area contributed by atoms with Crippen LogP contribution in [0.25, 0.3) is 6.08 Å². The lowest BCUT2D eigenvalue weighted by Crippen LogP contribution is -2.21. The van der Waals surface area contributed by atoms with Crippen molar-refractivity contribution >= 4 is 29.4 Å². The van der Waals surface area contributed by atoms with Gasteiger partial charge in [0.05, 0.1) is 22.5 Å². The molecule has 114 valence electrons. The van der Waals surface area contributed by atoms with Gasteiger partial charge in [-0.15, -0.1) is 0 Å². The molecule has 23 heavy (non-hydrogen) atoms. The summed E-state index contributed by atoms with van der Waals surface area (Å²) in [4.78, 5) is 23.7. The molecule has 1 aliphatic heterocycles. The van der Waals surface area contributed by atoms with Gasteiger partial charge in [-0.05, 0) is 36.8 Å². The molecule has 5 nitrogen and oxygen atoms in total. The molecule has 0 atom stereocenters. The molecule has 0 radical (unpaired) electrons. The zero-order valence-electron chi connectivity index (χ0n) is 12.4. The number of carboxylic acid groups (broad SMARTS) is 1. The Morgan fingerprint density at radius 2 is 1.87 bits per heavy atom. The molecule has 0 fully saturated rings. The van der Waals surface area contributed by atoms with E-state index in [0.29, 0.717) is 17.0 Å². The van der Waals surface area contributed by atoms with Gasteiger partial charge < -0.3 is 5.11 Å². The van der Waals surface area contributed by atoms with Gasteiger partial charge in [0.25, 0.3) is 5.91 Å². The summed E-state index contributed by atoms with van der Waals surface area (Å²) in [6.45, 7) is 1.76. The van der Waals surface area contributed by atoms with Crippen LogP contribution >= 0.6 is 0 Å². The number of hydrazone groups is 1. The summed E-state index contributed by atoms with van der Waals surface area (Å²) < 4.78 is 0. The van der Waals surface area contributed by atoms with Gasteiger partial charge in [-0.1, -0.05) is 36.4 Å². The first kappa shape index (κ1) is 14.7. The fourth-order valence-corrected chi connectivity index (χ4v) is 2.35. The van der Waals surface area contributed by atoms with Crippen LogP contribution in [-0.4, -0.2) is 22.7 Å². The lowest BCUT2D eigenvalue weighted by Gasteiger charge is -2.12. The van der Waals surface area contributed by atoms with Crippen molar-refractivity contribution in [2.24, 2.45) is 5.10 Å². The van der Waals surface area contributed by atoms with Crippen molar-refractivity contribution in [2.45, 2.75) is 6.92 Å². The van der Waals surface area contributed by atoms with Crippen molar-refractivity contribution < 1.29 is 14.7 Å². The third kappa shape index (κ3) is 2.89. The minimum atomic E-state index is -1.04. The Morgan fingerprint density at radius 3 is 2.57 bits per heavy atom. The van der Waals surface area contributed by atoms with E-state index in [4.69, 9.17) is 5.11 Å². The zero-order chi connectivity index (χ0) is 16.4. The Morgan fingerprint density at radius 1 is 1.13 bits per heavy atom. The van der Waals surface area contributed by atoms with Crippen LogP contribution in [0.4, 0.5) is 5.69 Å². The van der Waals surface area contributed by atoms with E-state index >= 15 is 0 Å². The summed E-state index contributed by atoms with van der Waals surface area (Å²) in [5.74, 6) is -1.31. The molecule has 1 aliphatic rings. The predicted molar refractivity (Wildman–Crippen MR) is 88.4 cm³/mol. The molecule has 3 rings (SSSR count). The lowest BCUT2D eigenvalue weighted by molar-refractivity contribution is -0.114. The minimum Gasteiger partial charge on any atom is -0.478 e. The number of aromatic carboxylic acids is 1. The molecule has 0 saturated carbocycles. The zero-order valence-corrected chi connectivity index (χ0v) is 12.4. The summed E-state index contributed by atoms with van der Waals surface area (Å²) in [6.07, 6.45) is 1.78. The van der Waals surface area contributed by atoms with Crippen molar-refractivity contribution in [2.75, 3.05) is 5.01 Å². The van der Waals surface area contributed by atoms with Gasteiger partial charge in [-0.3, -0.25) is 4.79 Å². The lowest BCUT2D eigenvalue weighted by atomic mass is 10.1. The quantitative estimate of drug-likeness (QED) is 0.885. The van der Waals surface area contributed by atoms with E-state index in [2.05, 4.69) is 5.10 Å². The van der Waals surface area contributed by atoms with Crippen molar-refractivity contribution in [3.8, 4) is 0 Å². The van der Waals surface area contributed by atoms with Crippen molar-refractivity contribution in [1.29, 1.82) is 0 Å². The summed E-state index contributed by atoms with van der Waals surface area (Å²) in [6, 6.07) is 15.7. The van der Waals surface area contributed by atoms with Crippen LogP contribution in [0.15, 0.2) is 65.3 Å². The molecule has 0 saturated heterocycles. The predicted octanol–water partition coefficient (Wildman–Crippen LogP) is 3.19. The fraction of sp³-hybridized carbons (Fsp3) is 0.0556. The van der Waals surface area contributed by atoms with Gasteiger partial charge in [-0.2, -0.15) is 10.1 Å². The van der Waals surface area contributed by atoms with Gasteiger partial charge in [-0.25, -0.2) is 4.79 Å². The summed E-state index contributed by atoms with van der Waals surface area (Å²) in [7, 11) is 0. The summed E-state index contributed by atoms with van der Waals surface area (Å²) in [5.41, 5.74) is 2.55. The van der Waals surface area contributed by atoms with E-state index in [9.17, 15) is 9.59 Å². The van der Waals surface area contributed by atoms with Gasteiger partial charge in [0.15, 0.2) is 0 Å². The molecule has 1 N–H and O–H groups in total. The fourth-order valence-electron chi connectivity index (χ4n) is 2.35. The number of benzene rings is 2. The maximum Gasteiger partial charge on any atom is 0.335 e. The molecule has 1 heterocycles. The van der Waals surface area contributed by atoms with Gasteiger partial charge in [0.2, 0.25) is 0 Å². The van der Waals surface area contributed by atoms with Crippen LogP contribution in [0.1, 0.15) is 22.8 Å². The van der Waals surface area contributed by atoms with Gasteiger partial charge in [0.1, 0.15) is 0 Å². The highest BCUT2D eigenvalue weighted by molar-refractivity contribution is 6.32. The average molecular weight is 306 g/mol. The van der Waals surface area contributed by atoms with Crippen LogP contribution < -0.4 is 5.01 Å². The standard InChI is InChI=1S/C18H14N2O3/c1-12-16(10-13-6-3-2-4-7-13)17(21)20(19-12)15-9-5-8-14(11-15)18(22)23/h2-11H,1H3,(H,22,23). The van der Waals surface area contributed by atoms with Crippen LogP contribution in [-0.2, 0) is 4.79 Å². The number of hydrogen-bond acceptors (Lipinski definition) is 3. The number of anilines is 1. The first-order valence-corrected chi connectivity index (χ1v) is 7.06. The van der Waals surface area contributed by atoms with Crippen molar-refractivity contribution in [3.63, 3.8) is 0 Å². The first-order chi connectivity index (χ1) is 11.1. The number of hydrogen-bond donors (Lipinski definition) is 1. The van der Waals surface area contributed by atoms with Gasteiger partial charge in [0, 0.05) is 0 Å². The SMILES string of the molecule is CC1=NN(c2cccc(C(=O)O)c2)C(=O)C1=Cc1ccccc1. The van der Waals surface area contributed by atoms with Crippen LogP contribution in [0.3, 0.4) is 0 Å². The number of carbonyl (C=O) groups is 2. The molecular weight excluding hydrogens is 292 g/mol. The number of amides is 1. The third-order valence-corrected chi connectivity index (χ3v) is 3.51. The monoisotopic (exact) mass is 306 g/mol. The second kappa shape index (κ2) is 5.88. The van der Waals surface area contributed by atoms with E-state index in [1.54, 1.807) is 25.1 Å². The molecule has 0 aliphatic carbocycles. The Balaban J connectivity index is 1.96. The molecule has 0 spiro atoms. The van der Waals surface area contributed by atoms with E-state index < -0.39 is 5.97 Å². The second-order valence-corrected chi connectivity index (χ2v) is 5.13. The third-order valence-electron chi connectivity index (χ3n) is 3.51. The number of rotatable bonds is 3. The van der Waals surface area contributed by atoms with E-state index in [0.717, 1.165) is 5.56 Å². The smallest absolute Gasteiger partial charge is 0.335 e. The number of carbonyl (C=O) groups excluding carboxylic acids is 1. The first-order valence-electron chi connectivity index (χ1n) is 7.06. The number of carboxylic acids is 1. The second-order valence-electron chi connectivity index (χ2n) is 5.13. The van der Waals surface area contributed by atoms with E-state index in [1.165, 1.54) is 17.1 Å². The Kier molecular flexibility index (Phi) is 3.76. The molecule has 2 aromatic rings. The highest BCUT2D eigenvalue weighted by atomic mass is 16.4. The largest absolute Gasteiger partial charge is 0.478 e. The average Bonchev–Trinajstić information content (AvgIpc) is 2.84. The molecular formula is C18H14N2O3. The van der Waals surface area contributed by atoms with Crippen LogP contribution in [0.2, 0.25) is 0 Å². The van der Waals surface area contributed by atoms with Crippen molar-refractivity contribution in [1.82, 2.24) is 0 Å². The summed E-state index contributed by atoms with van der Waals surface area (Å²) >= 11 is 0. The highest BCUT2D eigenvalue weighted by Gasteiger charge is 2.28. The number of nitrogens with zero attached hydrogens (tertiary/aromatic N) is 2. The topological polar surface area (TPSA) is 70.0 Å².